The van der Waals surface area contributed by atoms with E-state index in [-0.39, 0.29) is 5.41 Å². The van der Waals surface area contributed by atoms with Crippen molar-refractivity contribution in [3.05, 3.63) is 83.9 Å². The SMILES string of the molecule is C=CC(=C)C(C)(C)c1cc(N=C/C=C\C=C/C)ccc1S/C=C(\C)CC. The Balaban J connectivity index is 3.30. The summed E-state index contributed by atoms with van der Waals surface area (Å²) in [4.78, 5) is 5.79. The average Bonchev–Trinajstić information content (AvgIpc) is 2.65. The third kappa shape index (κ3) is 6.34. The van der Waals surface area contributed by atoms with E-state index in [9.17, 15) is 0 Å². The van der Waals surface area contributed by atoms with Gasteiger partial charge in [-0.3, -0.25) is 4.99 Å². The van der Waals surface area contributed by atoms with Gasteiger partial charge in [-0.15, -0.1) is 0 Å². The molecule has 2 heteroatoms. The van der Waals surface area contributed by atoms with Crippen molar-refractivity contribution in [3.8, 4) is 0 Å². The van der Waals surface area contributed by atoms with Crippen LogP contribution in [-0.2, 0) is 5.41 Å². The Bertz CT molecular complexity index is 745. The highest BCUT2D eigenvalue weighted by Crippen LogP contribution is 2.40. The van der Waals surface area contributed by atoms with Gasteiger partial charge in [0.2, 0.25) is 0 Å². The first-order valence-electron chi connectivity index (χ1n) is 8.97. The summed E-state index contributed by atoms with van der Waals surface area (Å²) in [6.07, 6.45) is 12.6. The van der Waals surface area contributed by atoms with Crippen LogP contribution in [0.15, 0.2) is 88.2 Å². The molecule has 0 atom stereocenters. The lowest BCUT2D eigenvalue weighted by Gasteiger charge is -2.28. The van der Waals surface area contributed by atoms with E-state index < -0.39 is 0 Å². The lowest BCUT2D eigenvalue weighted by Crippen LogP contribution is -2.19. The molecule has 0 fully saturated rings. The molecular weight excluding hydrogens is 334 g/mol. The third-order valence-corrected chi connectivity index (χ3v) is 5.48. The number of hydrogen-bond donors (Lipinski definition) is 0. The minimum absolute atomic E-state index is 0.204. The van der Waals surface area contributed by atoms with Gasteiger partial charge in [0.1, 0.15) is 0 Å². The maximum atomic E-state index is 4.56. The molecule has 0 saturated heterocycles. The van der Waals surface area contributed by atoms with Crippen LogP contribution >= 0.6 is 11.8 Å². The normalized spacial score (nSPS) is 13.2. The number of thioether (sulfide) groups is 1. The van der Waals surface area contributed by atoms with Gasteiger partial charge < -0.3 is 0 Å². The molecule has 0 unspecified atom stereocenters. The van der Waals surface area contributed by atoms with Gasteiger partial charge in [0, 0.05) is 16.5 Å². The molecular formula is C24H31NS. The van der Waals surface area contributed by atoms with Gasteiger partial charge >= 0.3 is 0 Å². The van der Waals surface area contributed by atoms with Crippen molar-refractivity contribution in [2.24, 2.45) is 4.99 Å². The summed E-state index contributed by atoms with van der Waals surface area (Å²) in [6.45, 7) is 18.8. The number of rotatable bonds is 9. The van der Waals surface area contributed by atoms with E-state index in [1.165, 1.54) is 16.0 Å². The third-order valence-electron chi connectivity index (χ3n) is 4.35. The summed E-state index contributed by atoms with van der Waals surface area (Å²) in [6, 6.07) is 6.37. The van der Waals surface area contributed by atoms with E-state index in [4.69, 9.17) is 0 Å². The van der Waals surface area contributed by atoms with Crippen LogP contribution < -0.4 is 0 Å². The number of aliphatic imine (C=N–C) groups is 1. The molecule has 0 aliphatic carbocycles. The second-order valence-electron chi connectivity index (χ2n) is 6.66. The predicted octanol–water partition coefficient (Wildman–Crippen LogP) is 7.95. The van der Waals surface area contributed by atoms with Crippen LogP contribution in [0, 0.1) is 0 Å². The maximum absolute atomic E-state index is 4.56. The van der Waals surface area contributed by atoms with Crippen molar-refractivity contribution in [1.29, 1.82) is 0 Å². The maximum Gasteiger partial charge on any atom is 0.0633 e. The first kappa shape index (κ1) is 22.0. The van der Waals surface area contributed by atoms with E-state index in [1.54, 1.807) is 11.8 Å². The van der Waals surface area contributed by atoms with Gasteiger partial charge in [-0.1, -0.05) is 75.6 Å². The van der Waals surface area contributed by atoms with Crippen LogP contribution in [0.3, 0.4) is 0 Å². The van der Waals surface area contributed by atoms with Crippen molar-refractivity contribution >= 4 is 23.7 Å². The van der Waals surface area contributed by atoms with Crippen molar-refractivity contribution in [1.82, 2.24) is 0 Å². The monoisotopic (exact) mass is 365 g/mol. The number of hydrogen-bond acceptors (Lipinski definition) is 2. The molecule has 0 aliphatic rings. The van der Waals surface area contributed by atoms with Crippen LogP contribution in [0.2, 0.25) is 0 Å². The number of allylic oxidation sites excluding steroid dienone is 7. The zero-order valence-electron chi connectivity index (χ0n) is 16.8. The Labute approximate surface area is 164 Å². The Morgan fingerprint density at radius 3 is 2.58 bits per heavy atom. The van der Waals surface area contributed by atoms with Crippen LogP contribution in [0.4, 0.5) is 5.69 Å². The minimum Gasteiger partial charge on any atom is -0.257 e. The zero-order chi connectivity index (χ0) is 19.6. The van der Waals surface area contributed by atoms with E-state index in [1.807, 2.05) is 43.5 Å². The topological polar surface area (TPSA) is 12.4 Å². The molecule has 0 saturated carbocycles. The molecule has 26 heavy (non-hydrogen) atoms. The summed E-state index contributed by atoms with van der Waals surface area (Å²) >= 11 is 1.77. The van der Waals surface area contributed by atoms with Crippen molar-refractivity contribution in [2.45, 2.75) is 51.3 Å². The van der Waals surface area contributed by atoms with E-state index >= 15 is 0 Å². The second-order valence-corrected chi connectivity index (χ2v) is 7.57. The lowest BCUT2D eigenvalue weighted by atomic mass is 9.78. The van der Waals surface area contributed by atoms with Gasteiger partial charge in [-0.2, -0.15) is 0 Å². The Morgan fingerprint density at radius 1 is 1.23 bits per heavy atom. The fourth-order valence-corrected chi connectivity index (χ4v) is 3.30. The number of benzene rings is 1. The fraction of sp³-hybridized carbons (Fsp3) is 0.292. The van der Waals surface area contributed by atoms with Gasteiger partial charge in [-0.25, -0.2) is 0 Å². The van der Waals surface area contributed by atoms with Crippen LogP contribution in [0.5, 0.6) is 0 Å². The smallest absolute Gasteiger partial charge is 0.0633 e. The molecule has 0 N–H and O–H groups in total. The second kappa shape index (κ2) is 10.8. The lowest BCUT2D eigenvalue weighted by molar-refractivity contribution is 0.628. The molecule has 1 aromatic rings. The fourth-order valence-electron chi connectivity index (χ4n) is 2.22. The van der Waals surface area contributed by atoms with Gasteiger partial charge in [-0.05, 0) is 61.1 Å². The molecule has 1 rings (SSSR count). The van der Waals surface area contributed by atoms with Crippen molar-refractivity contribution in [2.75, 3.05) is 0 Å². The average molecular weight is 366 g/mol. The molecule has 1 nitrogen and oxygen atoms in total. The first-order valence-corrected chi connectivity index (χ1v) is 9.85. The Kier molecular flexibility index (Phi) is 9.15. The van der Waals surface area contributed by atoms with Gasteiger partial charge in [0.15, 0.2) is 0 Å². The Morgan fingerprint density at radius 2 is 1.96 bits per heavy atom. The van der Waals surface area contributed by atoms with Crippen LogP contribution in [-0.4, -0.2) is 6.21 Å². The largest absolute Gasteiger partial charge is 0.257 e. The molecule has 0 aliphatic heterocycles. The molecule has 138 valence electrons. The Hall–Kier alpha value is -2.06. The standard InChI is InChI=1S/C24H31NS/c1-8-11-12-13-16-25-21-14-15-23(26-18-19(4)9-2)22(17-21)24(6,7)20(5)10-3/h8,10-18H,3,5,9H2,1-2,4,6-7H3/b11-8-,13-12-,19-18+,25-16?. The molecule has 1 aromatic carbocycles. The molecule has 0 amide bonds. The van der Waals surface area contributed by atoms with Crippen molar-refractivity contribution < 1.29 is 0 Å². The highest BCUT2D eigenvalue weighted by Gasteiger charge is 2.25. The summed E-state index contributed by atoms with van der Waals surface area (Å²) in [5.74, 6) is 0. The van der Waals surface area contributed by atoms with Gasteiger partial charge in [0.05, 0.1) is 5.69 Å². The predicted molar refractivity (Wildman–Crippen MR) is 121 cm³/mol. The summed E-state index contributed by atoms with van der Waals surface area (Å²) in [7, 11) is 0. The molecule has 0 aromatic heterocycles. The van der Waals surface area contributed by atoms with Crippen LogP contribution in [0.25, 0.3) is 0 Å². The summed E-state index contributed by atoms with van der Waals surface area (Å²) in [5, 5.41) is 2.23. The molecule has 0 radical (unpaired) electrons. The first-order chi connectivity index (χ1) is 12.4. The van der Waals surface area contributed by atoms with E-state index in [2.05, 4.69) is 69.5 Å². The molecule has 0 spiro atoms. The quantitative estimate of drug-likeness (QED) is 0.246. The summed E-state index contributed by atoms with van der Waals surface area (Å²) in [5.41, 5.74) is 4.34. The summed E-state index contributed by atoms with van der Waals surface area (Å²) < 4.78 is 0. The van der Waals surface area contributed by atoms with Crippen molar-refractivity contribution in [3.63, 3.8) is 0 Å². The van der Waals surface area contributed by atoms with E-state index in [0.29, 0.717) is 0 Å². The van der Waals surface area contributed by atoms with E-state index in [0.717, 1.165) is 17.7 Å². The minimum atomic E-state index is -0.204. The number of nitrogens with zero attached hydrogens (tertiary/aromatic N) is 1. The zero-order valence-corrected chi connectivity index (χ0v) is 17.6. The molecule has 0 bridgehead atoms. The highest BCUT2D eigenvalue weighted by atomic mass is 32.2. The van der Waals surface area contributed by atoms with Crippen LogP contribution in [0.1, 0.15) is 46.6 Å². The van der Waals surface area contributed by atoms with Gasteiger partial charge in [0.25, 0.3) is 0 Å². The molecule has 0 heterocycles. The highest BCUT2D eigenvalue weighted by molar-refractivity contribution is 8.02.